The molecule has 0 aliphatic heterocycles. The molecule has 0 heterocycles. The van der Waals surface area contributed by atoms with Crippen LogP contribution in [-0.2, 0) is 4.79 Å². The number of aliphatic carboxylic acids is 1. The van der Waals surface area contributed by atoms with E-state index in [-0.39, 0.29) is 6.54 Å². The molecule has 3 heteroatoms. The molecule has 0 saturated carbocycles. The van der Waals surface area contributed by atoms with Gasteiger partial charge in [0.1, 0.15) is 6.54 Å². The number of nitrogens with zero attached hydrogens (tertiary/aromatic N) is 1. The van der Waals surface area contributed by atoms with Crippen molar-refractivity contribution in [2.24, 2.45) is 0 Å². The number of carboxylic acids is 1. The summed E-state index contributed by atoms with van der Waals surface area (Å²) in [5.74, 6) is -0.800. The second kappa shape index (κ2) is 6.70. The van der Waals surface area contributed by atoms with Crippen LogP contribution < -0.4 is 0 Å². The lowest BCUT2D eigenvalue weighted by molar-refractivity contribution is -0.137. The summed E-state index contributed by atoms with van der Waals surface area (Å²) in [5, 5.41) is 8.48. The minimum atomic E-state index is -0.800. The van der Waals surface area contributed by atoms with Crippen molar-refractivity contribution >= 4 is 5.97 Å². The van der Waals surface area contributed by atoms with Gasteiger partial charge in [-0.05, 0) is 12.6 Å². The second-order valence-corrected chi connectivity index (χ2v) is 2.75. The molecule has 0 fully saturated rings. The van der Waals surface area contributed by atoms with Crippen molar-refractivity contribution < 1.29 is 9.90 Å². The van der Waals surface area contributed by atoms with Crippen LogP contribution in [0.3, 0.4) is 0 Å². The van der Waals surface area contributed by atoms with Crippen molar-refractivity contribution in [2.45, 2.75) is 26.2 Å². The molecule has 70 valence electrons. The third kappa shape index (κ3) is 5.77. The number of carboxylic acid groups (broad SMARTS) is 1. The Hall–Kier alpha value is -0.990. The monoisotopic (exact) mass is 171 g/mol. The van der Waals surface area contributed by atoms with Gasteiger partial charge in [0.25, 0.3) is 0 Å². The van der Waals surface area contributed by atoms with Gasteiger partial charge in [0, 0.05) is 6.54 Å². The number of carbonyl (C=O) groups is 1. The lowest BCUT2D eigenvalue weighted by atomic mass is 10.2. The zero-order valence-corrected chi connectivity index (χ0v) is 7.62. The van der Waals surface area contributed by atoms with Crippen LogP contribution in [0.5, 0.6) is 0 Å². The zero-order chi connectivity index (χ0) is 9.40. The Labute approximate surface area is 73.7 Å². The van der Waals surface area contributed by atoms with Crippen LogP contribution in [0.25, 0.3) is 0 Å². The highest BCUT2D eigenvalue weighted by Gasteiger charge is 2.02. The summed E-state index contributed by atoms with van der Waals surface area (Å²) in [5.41, 5.74) is 0. The average Bonchev–Trinajstić information content (AvgIpc) is 2.02. The van der Waals surface area contributed by atoms with Crippen molar-refractivity contribution in [3.8, 4) is 0 Å². The van der Waals surface area contributed by atoms with Crippen LogP contribution in [-0.4, -0.2) is 29.1 Å². The van der Waals surface area contributed by atoms with Crippen molar-refractivity contribution in [3.63, 3.8) is 0 Å². The maximum Gasteiger partial charge on any atom is 0.323 e. The molecule has 0 aromatic rings. The molecule has 0 saturated heterocycles. The zero-order valence-electron chi connectivity index (χ0n) is 7.62. The van der Waals surface area contributed by atoms with Gasteiger partial charge in [0.2, 0.25) is 0 Å². The minimum absolute atomic E-state index is 0.0627. The molecule has 0 rings (SSSR count). The number of unbranched alkanes of at least 4 members (excludes halogenated alkanes) is 2. The van der Waals surface area contributed by atoms with Gasteiger partial charge in [-0.2, -0.15) is 0 Å². The molecule has 0 aliphatic carbocycles. The number of hydrogen-bond acceptors (Lipinski definition) is 2. The van der Waals surface area contributed by atoms with Crippen LogP contribution in [0.1, 0.15) is 26.2 Å². The first-order valence-corrected chi connectivity index (χ1v) is 4.29. The average molecular weight is 171 g/mol. The van der Waals surface area contributed by atoms with E-state index in [1.807, 2.05) is 0 Å². The first-order chi connectivity index (χ1) is 5.70. The molecule has 1 N–H and O–H groups in total. The third-order valence-electron chi connectivity index (χ3n) is 1.65. The highest BCUT2D eigenvalue weighted by molar-refractivity contribution is 5.69. The molecule has 0 unspecified atom stereocenters. The molecule has 0 amide bonds. The van der Waals surface area contributed by atoms with Crippen molar-refractivity contribution in [3.05, 3.63) is 12.8 Å². The summed E-state index contributed by atoms with van der Waals surface area (Å²) in [6.07, 6.45) is 4.92. The fraction of sp³-hybridized carbons (Fsp3) is 0.667. The third-order valence-corrected chi connectivity index (χ3v) is 1.65. The van der Waals surface area contributed by atoms with Crippen molar-refractivity contribution in [1.29, 1.82) is 0 Å². The molecule has 0 radical (unpaired) electrons. The molecule has 0 spiro atoms. The van der Waals surface area contributed by atoms with Gasteiger partial charge in [0.05, 0.1) is 0 Å². The summed E-state index contributed by atoms with van der Waals surface area (Å²) in [4.78, 5) is 12.0. The Morgan fingerprint density at radius 2 is 2.25 bits per heavy atom. The Morgan fingerprint density at radius 1 is 1.58 bits per heavy atom. The first-order valence-electron chi connectivity index (χ1n) is 4.29. The summed E-state index contributed by atoms with van der Waals surface area (Å²) in [6.45, 7) is 6.53. The maximum absolute atomic E-state index is 10.3. The quantitative estimate of drug-likeness (QED) is 0.593. The number of rotatable bonds is 7. The fourth-order valence-corrected chi connectivity index (χ4v) is 0.974. The predicted octanol–water partition coefficient (Wildman–Crippen LogP) is 1.71. The minimum Gasteiger partial charge on any atom is -0.480 e. The van der Waals surface area contributed by atoms with Crippen LogP contribution in [0.15, 0.2) is 12.8 Å². The molecule has 0 aromatic heterocycles. The van der Waals surface area contributed by atoms with Gasteiger partial charge in [0.15, 0.2) is 0 Å². The largest absolute Gasteiger partial charge is 0.480 e. The topological polar surface area (TPSA) is 40.5 Å². The first kappa shape index (κ1) is 11.0. The Morgan fingerprint density at radius 3 is 2.67 bits per heavy atom. The lowest BCUT2D eigenvalue weighted by Gasteiger charge is -2.16. The molecular formula is C9H17NO2. The SMILES string of the molecule is C=CN(CCCCC)CC(=O)O. The highest BCUT2D eigenvalue weighted by atomic mass is 16.4. The maximum atomic E-state index is 10.3. The molecule has 0 bridgehead atoms. The van der Waals surface area contributed by atoms with Crippen molar-refractivity contribution in [1.82, 2.24) is 4.90 Å². The van der Waals surface area contributed by atoms with E-state index >= 15 is 0 Å². The Kier molecular flexibility index (Phi) is 6.15. The summed E-state index contributed by atoms with van der Waals surface area (Å²) in [7, 11) is 0. The standard InChI is InChI=1S/C9H17NO2/c1-3-5-6-7-10(4-2)8-9(11)12/h4H,2-3,5-8H2,1H3,(H,11,12). The van der Waals surface area contributed by atoms with Gasteiger partial charge < -0.3 is 10.0 Å². The van der Waals surface area contributed by atoms with E-state index in [9.17, 15) is 4.79 Å². The van der Waals surface area contributed by atoms with Crippen LogP contribution in [0.4, 0.5) is 0 Å². The summed E-state index contributed by atoms with van der Waals surface area (Å²) in [6, 6.07) is 0. The van der Waals surface area contributed by atoms with E-state index in [0.29, 0.717) is 0 Å². The molecule has 0 atom stereocenters. The molecule has 0 aliphatic rings. The normalized spacial score (nSPS) is 9.42. The molecule has 12 heavy (non-hydrogen) atoms. The van der Waals surface area contributed by atoms with Crippen molar-refractivity contribution in [2.75, 3.05) is 13.1 Å². The van der Waals surface area contributed by atoms with Gasteiger partial charge in [-0.1, -0.05) is 26.3 Å². The van der Waals surface area contributed by atoms with Gasteiger partial charge in [-0.25, -0.2) is 0 Å². The predicted molar refractivity (Wildman–Crippen MR) is 48.9 cm³/mol. The number of hydrogen-bond donors (Lipinski definition) is 1. The van der Waals surface area contributed by atoms with Crippen LogP contribution in [0, 0.1) is 0 Å². The van der Waals surface area contributed by atoms with E-state index < -0.39 is 5.97 Å². The van der Waals surface area contributed by atoms with E-state index in [1.54, 1.807) is 11.1 Å². The molecular weight excluding hydrogens is 154 g/mol. The van der Waals surface area contributed by atoms with E-state index in [0.717, 1.165) is 25.8 Å². The van der Waals surface area contributed by atoms with Gasteiger partial charge in [-0.3, -0.25) is 4.79 Å². The van der Waals surface area contributed by atoms with Crippen LogP contribution in [0.2, 0.25) is 0 Å². The summed E-state index contributed by atoms with van der Waals surface area (Å²) >= 11 is 0. The Bertz CT molecular complexity index is 145. The second-order valence-electron chi connectivity index (χ2n) is 2.75. The smallest absolute Gasteiger partial charge is 0.323 e. The fourth-order valence-electron chi connectivity index (χ4n) is 0.974. The van der Waals surface area contributed by atoms with E-state index in [1.165, 1.54) is 0 Å². The molecule has 0 aromatic carbocycles. The van der Waals surface area contributed by atoms with E-state index in [2.05, 4.69) is 13.5 Å². The Balaban J connectivity index is 3.53. The molecule has 3 nitrogen and oxygen atoms in total. The summed E-state index contributed by atoms with van der Waals surface area (Å²) < 4.78 is 0. The van der Waals surface area contributed by atoms with E-state index in [4.69, 9.17) is 5.11 Å². The highest BCUT2D eigenvalue weighted by Crippen LogP contribution is 1.98. The van der Waals surface area contributed by atoms with Gasteiger partial charge >= 0.3 is 5.97 Å². The van der Waals surface area contributed by atoms with Gasteiger partial charge in [-0.15, -0.1) is 0 Å². The lowest BCUT2D eigenvalue weighted by Crippen LogP contribution is -2.25. The van der Waals surface area contributed by atoms with Crippen LogP contribution >= 0.6 is 0 Å².